The third-order valence-corrected chi connectivity index (χ3v) is 9.60. The average molecular weight is 602 g/mol. The lowest BCUT2D eigenvalue weighted by Gasteiger charge is -2.34. The van der Waals surface area contributed by atoms with Crippen molar-refractivity contribution in [2.75, 3.05) is 0 Å². The van der Waals surface area contributed by atoms with Gasteiger partial charge in [0.1, 0.15) is 12.0 Å². The number of amidine groups is 2. The highest BCUT2D eigenvalue weighted by Gasteiger charge is 2.47. The maximum atomic E-state index is 5.26. The zero-order valence-corrected chi connectivity index (χ0v) is 25.7. The number of nitrogens with one attached hydrogen (secondary N) is 1. The van der Waals surface area contributed by atoms with Crippen molar-refractivity contribution in [1.82, 2.24) is 5.32 Å². The Bertz CT molecular complexity index is 2280. The molecule has 1 aliphatic carbocycles. The van der Waals surface area contributed by atoms with E-state index in [4.69, 9.17) is 9.98 Å². The van der Waals surface area contributed by atoms with Gasteiger partial charge in [-0.05, 0) is 55.8 Å². The Morgan fingerprint density at radius 1 is 0.489 bits per heavy atom. The van der Waals surface area contributed by atoms with Gasteiger partial charge < -0.3 is 5.32 Å². The smallest absolute Gasteiger partial charge is 0.159 e. The molecule has 1 N–H and O–H groups in total. The molecule has 0 radical (unpaired) electrons. The van der Waals surface area contributed by atoms with Gasteiger partial charge in [0.2, 0.25) is 0 Å². The van der Waals surface area contributed by atoms with Gasteiger partial charge in [0.15, 0.2) is 5.84 Å². The van der Waals surface area contributed by atoms with Crippen LogP contribution in [0, 0.1) is 0 Å². The average Bonchev–Trinajstić information content (AvgIpc) is 3.47. The molecule has 0 fully saturated rings. The van der Waals surface area contributed by atoms with Gasteiger partial charge in [0, 0.05) is 11.1 Å². The number of benzene rings is 7. The summed E-state index contributed by atoms with van der Waals surface area (Å²) in [5.41, 5.74) is 10.1. The number of aliphatic imine (C=N–C) groups is 2. The Morgan fingerprint density at radius 3 is 1.83 bits per heavy atom. The van der Waals surface area contributed by atoms with Crippen molar-refractivity contribution in [3.63, 3.8) is 0 Å². The Morgan fingerprint density at radius 2 is 1.09 bits per heavy atom. The molecule has 0 aromatic heterocycles. The lowest BCUT2D eigenvalue weighted by atomic mass is 9.67. The molecule has 1 atom stereocenters. The standard InChI is InChI=1S/C44H31N3/c1-4-16-31(17-5-1)41-45-42(33-28-27-30-15-10-11-18-32(30)29-33)47-43(46-41)37-24-14-26-39-40(37)36-23-12-13-25-38(36)44(39,34-19-6-2-7-20-34)35-21-8-3-9-22-35/h1-29,42H,(H,45,46,47). The minimum absolute atomic E-state index is 0.303. The highest BCUT2D eigenvalue weighted by atomic mass is 15.2. The van der Waals surface area contributed by atoms with Crippen LogP contribution in [0.5, 0.6) is 0 Å². The topological polar surface area (TPSA) is 36.8 Å². The van der Waals surface area contributed by atoms with E-state index in [2.05, 4.69) is 163 Å². The Labute approximate surface area is 274 Å². The predicted molar refractivity (Wildman–Crippen MR) is 193 cm³/mol. The lowest BCUT2D eigenvalue weighted by Crippen LogP contribution is -2.34. The summed E-state index contributed by atoms with van der Waals surface area (Å²) < 4.78 is 0. The normalized spacial score (nSPS) is 16.0. The largest absolute Gasteiger partial charge is 0.344 e. The third kappa shape index (κ3) is 4.35. The van der Waals surface area contributed by atoms with E-state index in [1.807, 2.05) is 18.2 Å². The first kappa shape index (κ1) is 27.3. The summed E-state index contributed by atoms with van der Waals surface area (Å²) >= 11 is 0. The monoisotopic (exact) mass is 601 g/mol. The van der Waals surface area contributed by atoms with E-state index in [9.17, 15) is 0 Å². The summed E-state index contributed by atoms with van der Waals surface area (Å²) in [6.45, 7) is 0. The molecule has 2 aliphatic rings. The van der Waals surface area contributed by atoms with Crippen LogP contribution in [0.25, 0.3) is 21.9 Å². The maximum absolute atomic E-state index is 5.26. The first-order chi connectivity index (χ1) is 23.3. The lowest BCUT2D eigenvalue weighted by molar-refractivity contribution is 0.675. The van der Waals surface area contributed by atoms with Gasteiger partial charge in [-0.3, -0.25) is 0 Å². The number of hydrogen-bond acceptors (Lipinski definition) is 3. The molecule has 3 nitrogen and oxygen atoms in total. The van der Waals surface area contributed by atoms with E-state index in [1.165, 1.54) is 44.2 Å². The van der Waals surface area contributed by atoms with Crippen molar-refractivity contribution < 1.29 is 0 Å². The van der Waals surface area contributed by atoms with Gasteiger partial charge in [0.05, 0.1) is 5.41 Å². The summed E-state index contributed by atoms with van der Waals surface area (Å²) in [6.07, 6.45) is -0.303. The molecule has 0 bridgehead atoms. The highest BCUT2D eigenvalue weighted by Crippen LogP contribution is 2.57. The van der Waals surface area contributed by atoms with Crippen molar-refractivity contribution in [2.24, 2.45) is 9.98 Å². The number of fused-ring (bicyclic) bond motifs is 4. The van der Waals surface area contributed by atoms with Gasteiger partial charge in [-0.1, -0.05) is 170 Å². The Balaban J connectivity index is 1.28. The van der Waals surface area contributed by atoms with Crippen molar-refractivity contribution in [3.05, 3.63) is 215 Å². The van der Waals surface area contributed by atoms with Crippen LogP contribution in [-0.2, 0) is 5.41 Å². The molecule has 7 aromatic carbocycles. The van der Waals surface area contributed by atoms with E-state index in [-0.39, 0.29) is 6.17 Å². The fraction of sp³-hybridized carbons (Fsp3) is 0.0455. The molecule has 0 amide bonds. The van der Waals surface area contributed by atoms with Crippen LogP contribution in [0.1, 0.15) is 45.1 Å². The van der Waals surface area contributed by atoms with Gasteiger partial charge in [-0.25, -0.2) is 9.98 Å². The van der Waals surface area contributed by atoms with Crippen LogP contribution in [0.15, 0.2) is 186 Å². The molecule has 1 unspecified atom stereocenters. The SMILES string of the molecule is c1ccc(C2=NC(c3ccc4ccccc4c3)NC(c3cccc4c3-c3ccccc3C4(c3ccccc3)c3ccccc3)=N2)cc1. The Hall–Kier alpha value is -6.06. The van der Waals surface area contributed by atoms with Crippen LogP contribution in [-0.4, -0.2) is 11.7 Å². The maximum Gasteiger partial charge on any atom is 0.159 e. The number of hydrogen-bond donors (Lipinski definition) is 1. The molecule has 0 spiro atoms. The number of rotatable bonds is 5. The van der Waals surface area contributed by atoms with Gasteiger partial charge in [0.25, 0.3) is 0 Å². The van der Waals surface area contributed by atoms with Gasteiger partial charge >= 0.3 is 0 Å². The molecule has 3 heteroatoms. The molecular formula is C44H31N3. The summed E-state index contributed by atoms with van der Waals surface area (Å²) in [5, 5.41) is 6.18. The fourth-order valence-corrected chi connectivity index (χ4v) is 7.54. The zero-order valence-electron chi connectivity index (χ0n) is 25.7. The third-order valence-electron chi connectivity index (χ3n) is 9.60. The fourth-order valence-electron chi connectivity index (χ4n) is 7.54. The van der Waals surface area contributed by atoms with Crippen LogP contribution >= 0.6 is 0 Å². The first-order valence-corrected chi connectivity index (χ1v) is 16.1. The van der Waals surface area contributed by atoms with Crippen LogP contribution in [0.2, 0.25) is 0 Å². The van der Waals surface area contributed by atoms with E-state index >= 15 is 0 Å². The van der Waals surface area contributed by atoms with E-state index in [1.54, 1.807) is 0 Å². The van der Waals surface area contributed by atoms with Crippen LogP contribution < -0.4 is 5.32 Å². The molecular weight excluding hydrogens is 571 g/mol. The molecule has 0 saturated carbocycles. The first-order valence-electron chi connectivity index (χ1n) is 16.1. The molecule has 9 rings (SSSR count). The van der Waals surface area contributed by atoms with Gasteiger partial charge in [-0.15, -0.1) is 0 Å². The summed E-state index contributed by atoms with van der Waals surface area (Å²) in [4.78, 5) is 10.4. The summed E-state index contributed by atoms with van der Waals surface area (Å²) in [6, 6.07) is 62.8. The van der Waals surface area contributed by atoms with Crippen LogP contribution in [0.4, 0.5) is 0 Å². The Kier molecular flexibility index (Phi) is 6.43. The summed E-state index contributed by atoms with van der Waals surface area (Å²) in [5.74, 6) is 1.54. The van der Waals surface area contributed by atoms with E-state index < -0.39 is 5.41 Å². The summed E-state index contributed by atoms with van der Waals surface area (Å²) in [7, 11) is 0. The van der Waals surface area contributed by atoms with Crippen molar-refractivity contribution in [1.29, 1.82) is 0 Å². The zero-order chi connectivity index (χ0) is 31.2. The predicted octanol–water partition coefficient (Wildman–Crippen LogP) is 9.70. The molecule has 1 aliphatic heterocycles. The van der Waals surface area contributed by atoms with Crippen molar-refractivity contribution in [2.45, 2.75) is 11.6 Å². The molecule has 47 heavy (non-hydrogen) atoms. The van der Waals surface area contributed by atoms with Gasteiger partial charge in [-0.2, -0.15) is 0 Å². The quantitative estimate of drug-likeness (QED) is 0.210. The van der Waals surface area contributed by atoms with Crippen molar-refractivity contribution in [3.8, 4) is 11.1 Å². The second kappa shape index (κ2) is 11.1. The molecule has 1 heterocycles. The van der Waals surface area contributed by atoms with E-state index in [0.717, 1.165) is 28.4 Å². The van der Waals surface area contributed by atoms with Crippen molar-refractivity contribution >= 4 is 22.4 Å². The molecule has 0 saturated heterocycles. The second-order valence-corrected chi connectivity index (χ2v) is 12.2. The van der Waals surface area contributed by atoms with E-state index in [0.29, 0.717) is 0 Å². The highest BCUT2D eigenvalue weighted by molar-refractivity contribution is 6.16. The minimum Gasteiger partial charge on any atom is -0.344 e. The molecule has 222 valence electrons. The number of nitrogens with zero attached hydrogens (tertiary/aromatic N) is 2. The second-order valence-electron chi connectivity index (χ2n) is 12.2. The van der Waals surface area contributed by atoms with Crippen LogP contribution in [0.3, 0.4) is 0 Å². The molecule has 7 aromatic rings. The minimum atomic E-state index is -0.478.